The smallest absolute Gasteiger partial charge is 0.0499 e. The van der Waals surface area contributed by atoms with E-state index in [1.54, 1.807) is 0 Å². The standard InChI is InChI=1S/C17H24N2O/c20-13-17(8-4-1-5-9-17)12-18-10-14-11-19-16-7-3-2-6-15(14)16/h2-3,6-7,11,18-20H,1,4-5,8-10,12-13H2. The molecule has 3 heteroatoms. The van der Waals surface area contributed by atoms with Crippen LogP contribution in [0.15, 0.2) is 30.5 Å². The van der Waals surface area contributed by atoms with E-state index in [4.69, 9.17) is 0 Å². The lowest BCUT2D eigenvalue weighted by molar-refractivity contribution is 0.0811. The predicted octanol–water partition coefficient (Wildman–Crippen LogP) is 3.20. The van der Waals surface area contributed by atoms with E-state index in [1.165, 1.54) is 35.7 Å². The van der Waals surface area contributed by atoms with E-state index in [2.05, 4.69) is 40.8 Å². The summed E-state index contributed by atoms with van der Waals surface area (Å²) in [5, 5.41) is 14.6. The summed E-state index contributed by atoms with van der Waals surface area (Å²) in [5.41, 5.74) is 2.62. The number of aliphatic hydroxyl groups is 1. The Morgan fingerprint density at radius 1 is 1.15 bits per heavy atom. The number of rotatable bonds is 5. The van der Waals surface area contributed by atoms with Crippen LogP contribution >= 0.6 is 0 Å². The molecule has 1 aliphatic carbocycles. The van der Waals surface area contributed by atoms with Gasteiger partial charge in [0.2, 0.25) is 0 Å². The molecule has 1 aromatic heterocycles. The van der Waals surface area contributed by atoms with Crippen LogP contribution in [-0.4, -0.2) is 23.2 Å². The molecule has 1 aromatic carbocycles. The summed E-state index contributed by atoms with van der Waals surface area (Å²) in [4.78, 5) is 3.31. The number of H-pyrrole nitrogens is 1. The molecule has 1 aliphatic rings. The Hall–Kier alpha value is -1.32. The van der Waals surface area contributed by atoms with Gasteiger partial charge in [0.05, 0.1) is 0 Å². The fraction of sp³-hybridized carbons (Fsp3) is 0.529. The first-order valence-corrected chi connectivity index (χ1v) is 7.70. The largest absolute Gasteiger partial charge is 0.396 e. The third-order valence-electron chi connectivity index (χ3n) is 4.74. The zero-order valence-electron chi connectivity index (χ0n) is 12.0. The van der Waals surface area contributed by atoms with Gasteiger partial charge in [-0.25, -0.2) is 0 Å². The van der Waals surface area contributed by atoms with Crippen molar-refractivity contribution in [3.63, 3.8) is 0 Å². The summed E-state index contributed by atoms with van der Waals surface area (Å²) in [5.74, 6) is 0. The highest BCUT2D eigenvalue weighted by Crippen LogP contribution is 2.35. The van der Waals surface area contributed by atoms with Gasteiger partial charge in [-0.15, -0.1) is 0 Å². The predicted molar refractivity (Wildman–Crippen MR) is 82.6 cm³/mol. The zero-order valence-corrected chi connectivity index (χ0v) is 12.0. The number of benzene rings is 1. The van der Waals surface area contributed by atoms with E-state index in [9.17, 15) is 5.11 Å². The van der Waals surface area contributed by atoms with Gasteiger partial charge in [0.15, 0.2) is 0 Å². The van der Waals surface area contributed by atoms with Crippen molar-refractivity contribution in [1.29, 1.82) is 0 Å². The van der Waals surface area contributed by atoms with Crippen molar-refractivity contribution in [2.75, 3.05) is 13.2 Å². The van der Waals surface area contributed by atoms with E-state index in [0.717, 1.165) is 25.9 Å². The molecule has 0 amide bonds. The second kappa shape index (κ2) is 5.98. The second-order valence-electron chi connectivity index (χ2n) is 6.18. The normalized spacial score (nSPS) is 18.4. The number of hydrogen-bond donors (Lipinski definition) is 3. The number of aromatic amines is 1. The Morgan fingerprint density at radius 3 is 2.75 bits per heavy atom. The molecule has 0 radical (unpaired) electrons. The summed E-state index contributed by atoms with van der Waals surface area (Å²) < 4.78 is 0. The fourth-order valence-corrected chi connectivity index (χ4v) is 3.43. The molecule has 0 bridgehead atoms. The van der Waals surface area contributed by atoms with Crippen LogP contribution in [0.4, 0.5) is 0 Å². The van der Waals surface area contributed by atoms with E-state index in [-0.39, 0.29) is 5.41 Å². The minimum atomic E-state index is 0.115. The Bertz CT molecular complexity index is 555. The molecule has 0 spiro atoms. The molecule has 3 N–H and O–H groups in total. The van der Waals surface area contributed by atoms with Crippen LogP contribution in [0.25, 0.3) is 10.9 Å². The van der Waals surface area contributed by atoms with Gasteiger partial charge in [-0.2, -0.15) is 0 Å². The number of aromatic nitrogens is 1. The molecule has 0 unspecified atom stereocenters. The van der Waals surface area contributed by atoms with E-state index < -0.39 is 0 Å². The number of fused-ring (bicyclic) bond motifs is 1. The molecule has 3 rings (SSSR count). The molecule has 1 saturated carbocycles. The lowest BCUT2D eigenvalue weighted by atomic mass is 9.74. The SMILES string of the molecule is OCC1(CNCc2c[nH]c3ccccc23)CCCCC1. The first-order chi connectivity index (χ1) is 9.83. The summed E-state index contributed by atoms with van der Waals surface area (Å²) in [6.07, 6.45) is 8.24. The van der Waals surface area contributed by atoms with Crippen molar-refractivity contribution in [2.24, 2.45) is 5.41 Å². The van der Waals surface area contributed by atoms with Gasteiger partial charge < -0.3 is 15.4 Å². The van der Waals surface area contributed by atoms with Crippen LogP contribution in [0, 0.1) is 5.41 Å². The van der Waals surface area contributed by atoms with Crippen LogP contribution < -0.4 is 5.32 Å². The highest BCUT2D eigenvalue weighted by Gasteiger charge is 2.30. The van der Waals surface area contributed by atoms with Gasteiger partial charge in [-0.1, -0.05) is 37.5 Å². The number of hydrogen-bond acceptors (Lipinski definition) is 2. The Kier molecular flexibility index (Phi) is 4.08. The summed E-state index contributed by atoms with van der Waals surface area (Å²) in [7, 11) is 0. The minimum absolute atomic E-state index is 0.115. The first-order valence-electron chi connectivity index (χ1n) is 7.70. The van der Waals surface area contributed by atoms with Crippen molar-refractivity contribution in [2.45, 2.75) is 38.6 Å². The lowest BCUT2D eigenvalue weighted by Crippen LogP contribution is -2.38. The van der Waals surface area contributed by atoms with Gasteiger partial charge in [0.1, 0.15) is 0 Å². The molecule has 108 valence electrons. The second-order valence-corrected chi connectivity index (χ2v) is 6.18. The van der Waals surface area contributed by atoms with Crippen molar-refractivity contribution in [3.05, 3.63) is 36.0 Å². The van der Waals surface area contributed by atoms with Crippen LogP contribution in [0.2, 0.25) is 0 Å². The molecule has 1 heterocycles. The molecule has 0 aliphatic heterocycles. The Balaban J connectivity index is 1.62. The molecule has 1 fully saturated rings. The zero-order chi connectivity index (χ0) is 13.8. The third kappa shape index (κ3) is 2.74. The fourth-order valence-electron chi connectivity index (χ4n) is 3.43. The molecule has 20 heavy (non-hydrogen) atoms. The van der Waals surface area contributed by atoms with Gasteiger partial charge in [-0.3, -0.25) is 0 Å². The van der Waals surface area contributed by atoms with Gasteiger partial charge >= 0.3 is 0 Å². The maximum atomic E-state index is 9.72. The van der Waals surface area contributed by atoms with Crippen molar-refractivity contribution >= 4 is 10.9 Å². The molecular formula is C17H24N2O. The number of para-hydroxylation sites is 1. The maximum absolute atomic E-state index is 9.72. The quantitative estimate of drug-likeness (QED) is 0.783. The maximum Gasteiger partial charge on any atom is 0.0499 e. The number of nitrogens with one attached hydrogen (secondary N) is 2. The van der Waals surface area contributed by atoms with E-state index >= 15 is 0 Å². The topological polar surface area (TPSA) is 48.0 Å². The van der Waals surface area contributed by atoms with Crippen molar-refractivity contribution in [1.82, 2.24) is 10.3 Å². The molecule has 3 nitrogen and oxygen atoms in total. The van der Waals surface area contributed by atoms with Crippen molar-refractivity contribution < 1.29 is 5.11 Å². The monoisotopic (exact) mass is 272 g/mol. The summed E-state index contributed by atoms with van der Waals surface area (Å²) in [6.45, 7) is 2.10. The molecular weight excluding hydrogens is 248 g/mol. The molecule has 0 saturated heterocycles. The van der Waals surface area contributed by atoms with Crippen LogP contribution in [-0.2, 0) is 6.54 Å². The van der Waals surface area contributed by atoms with Gasteiger partial charge in [0, 0.05) is 42.2 Å². The third-order valence-corrected chi connectivity index (χ3v) is 4.74. The summed E-state index contributed by atoms with van der Waals surface area (Å²) >= 11 is 0. The first kappa shape index (κ1) is 13.7. The summed E-state index contributed by atoms with van der Waals surface area (Å²) in [6, 6.07) is 8.40. The molecule has 2 aromatic rings. The van der Waals surface area contributed by atoms with Gasteiger partial charge in [-0.05, 0) is 24.5 Å². The van der Waals surface area contributed by atoms with Crippen LogP contribution in [0.1, 0.15) is 37.7 Å². The van der Waals surface area contributed by atoms with E-state index in [0.29, 0.717) is 6.61 Å². The average molecular weight is 272 g/mol. The Morgan fingerprint density at radius 2 is 1.95 bits per heavy atom. The average Bonchev–Trinajstić information content (AvgIpc) is 2.92. The molecule has 0 atom stereocenters. The lowest BCUT2D eigenvalue weighted by Gasteiger charge is -2.35. The highest BCUT2D eigenvalue weighted by molar-refractivity contribution is 5.82. The van der Waals surface area contributed by atoms with Crippen LogP contribution in [0.3, 0.4) is 0 Å². The van der Waals surface area contributed by atoms with Crippen molar-refractivity contribution in [3.8, 4) is 0 Å². The Labute approximate surface area is 120 Å². The van der Waals surface area contributed by atoms with E-state index in [1.807, 2.05) is 0 Å². The highest BCUT2D eigenvalue weighted by atomic mass is 16.3. The minimum Gasteiger partial charge on any atom is -0.396 e. The van der Waals surface area contributed by atoms with Crippen LogP contribution in [0.5, 0.6) is 0 Å². The van der Waals surface area contributed by atoms with Gasteiger partial charge in [0.25, 0.3) is 0 Å². The number of aliphatic hydroxyl groups excluding tert-OH is 1.